The number of halogens is 3. The monoisotopic (exact) mass is 299 g/mol. The van der Waals surface area contributed by atoms with E-state index < -0.39 is 34.1 Å². The fourth-order valence-electron chi connectivity index (χ4n) is 1.86. The lowest BCUT2D eigenvalue weighted by molar-refractivity contribution is -0.387. The van der Waals surface area contributed by atoms with Crippen molar-refractivity contribution in [2.75, 3.05) is 0 Å². The van der Waals surface area contributed by atoms with E-state index >= 15 is 0 Å². The van der Waals surface area contributed by atoms with Gasteiger partial charge < -0.3 is 0 Å². The van der Waals surface area contributed by atoms with E-state index in [4.69, 9.17) is 0 Å². The molecule has 1 aromatic heterocycles. The van der Waals surface area contributed by atoms with Crippen LogP contribution in [0.5, 0.6) is 0 Å². The molecule has 1 heterocycles. The van der Waals surface area contributed by atoms with Gasteiger partial charge >= 0.3 is 11.9 Å². The standard InChI is InChI=1S/C12H8F3N3O3/c1-7(19)17-11(12(13,14)15)10(18(20)21)9(16-17)8-5-3-2-4-6-8/h2-6H,1H3. The Morgan fingerprint density at radius 2 is 1.86 bits per heavy atom. The first-order chi connectivity index (χ1) is 9.73. The molecule has 0 aliphatic heterocycles. The highest BCUT2D eigenvalue weighted by Crippen LogP contribution is 2.41. The summed E-state index contributed by atoms with van der Waals surface area (Å²) < 4.78 is 39.1. The molecule has 110 valence electrons. The molecule has 0 aliphatic rings. The van der Waals surface area contributed by atoms with E-state index in [1.54, 1.807) is 6.07 Å². The Hall–Kier alpha value is -2.71. The first-order valence-corrected chi connectivity index (χ1v) is 5.64. The SMILES string of the molecule is CC(=O)n1nc(-c2ccccc2)c([N+](=O)[O-])c1C(F)(F)F. The van der Waals surface area contributed by atoms with Gasteiger partial charge in [0.25, 0.3) is 0 Å². The van der Waals surface area contributed by atoms with Gasteiger partial charge in [-0.05, 0) is 0 Å². The molecule has 0 amide bonds. The summed E-state index contributed by atoms with van der Waals surface area (Å²) in [5, 5.41) is 14.5. The fraction of sp³-hybridized carbons (Fsp3) is 0.167. The number of hydrogen-bond acceptors (Lipinski definition) is 4. The molecule has 0 bridgehead atoms. The summed E-state index contributed by atoms with van der Waals surface area (Å²) in [5.74, 6) is -1.06. The second-order valence-electron chi connectivity index (χ2n) is 4.10. The minimum absolute atomic E-state index is 0.0144. The molecule has 2 rings (SSSR count). The molecule has 0 radical (unpaired) electrons. The van der Waals surface area contributed by atoms with Gasteiger partial charge in [0.15, 0.2) is 5.69 Å². The van der Waals surface area contributed by atoms with Crippen molar-refractivity contribution in [1.82, 2.24) is 9.78 Å². The van der Waals surface area contributed by atoms with E-state index in [1.807, 2.05) is 0 Å². The van der Waals surface area contributed by atoms with Crippen molar-refractivity contribution in [2.24, 2.45) is 0 Å². The van der Waals surface area contributed by atoms with Crippen LogP contribution in [-0.4, -0.2) is 20.6 Å². The van der Waals surface area contributed by atoms with E-state index in [0.29, 0.717) is 0 Å². The van der Waals surface area contributed by atoms with Gasteiger partial charge in [0.05, 0.1) is 4.92 Å². The van der Waals surface area contributed by atoms with Gasteiger partial charge in [-0.15, -0.1) is 0 Å². The van der Waals surface area contributed by atoms with Crippen LogP contribution in [0.3, 0.4) is 0 Å². The lowest BCUT2D eigenvalue weighted by atomic mass is 10.1. The summed E-state index contributed by atoms with van der Waals surface area (Å²) in [6.45, 7) is 0.848. The number of nitrogens with zero attached hydrogens (tertiary/aromatic N) is 3. The predicted octanol–water partition coefficient (Wildman–Crippen LogP) is 3.14. The Labute approximate surface area is 116 Å². The van der Waals surface area contributed by atoms with Crippen LogP contribution in [0.2, 0.25) is 0 Å². The lowest BCUT2D eigenvalue weighted by Gasteiger charge is -2.06. The zero-order valence-corrected chi connectivity index (χ0v) is 10.6. The molecule has 6 nitrogen and oxygen atoms in total. The molecule has 0 N–H and O–H groups in total. The number of rotatable bonds is 2. The van der Waals surface area contributed by atoms with Gasteiger partial charge in [0.2, 0.25) is 11.6 Å². The molecule has 9 heteroatoms. The average molecular weight is 299 g/mol. The van der Waals surface area contributed by atoms with Gasteiger partial charge in [-0.1, -0.05) is 30.3 Å². The molecule has 0 fully saturated rings. The van der Waals surface area contributed by atoms with Crippen molar-refractivity contribution in [3.05, 3.63) is 46.1 Å². The maximum Gasteiger partial charge on any atom is 0.440 e. The summed E-state index contributed by atoms with van der Waals surface area (Å²) in [6, 6.07) is 7.35. The van der Waals surface area contributed by atoms with Crippen LogP contribution in [0.1, 0.15) is 17.4 Å². The summed E-state index contributed by atoms with van der Waals surface area (Å²) in [7, 11) is 0. The van der Waals surface area contributed by atoms with Crippen LogP contribution >= 0.6 is 0 Å². The maximum atomic E-state index is 13.0. The molecule has 0 spiro atoms. The normalized spacial score (nSPS) is 11.4. The van der Waals surface area contributed by atoms with E-state index in [2.05, 4.69) is 5.10 Å². The van der Waals surface area contributed by atoms with Crippen LogP contribution in [0.4, 0.5) is 18.9 Å². The highest BCUT2D eigenvalue weighted by molar-refractivity contribution is 5.81. The van der Waals surface area contributed by atoms with Gasteiger partial charge in [0.1, 0.15) is 0 Å². The Bertz CT molecular complexity index is 708. The molecule has 0 saturated carbocycles. The molecule has 21 heavy (non-hydrogen) atoms. The largest absolute Gasteiger partial charge is 0.440 e. The van der Waals surface area contributed by atoms with Crippen molar-refractivity contribution in [3.63, 3.8) is 0 Å². The number of hydrogen-bond donors (Lipinski definition) is 0. The number of alkyl halides is 3. The smallest absolute Gasteiger partial charge is 0.273 e. The summed E-state index contributed by atoms with van der Waals surface area (Å²) in [4.78, 5) is 21.2. The van der Waals surface area contributed by atoms with Gasteiger partial charge in [-0.3, -0.25) is 14.9 Å². The highest BCUT2D eigenvalue weighted by Gasteiger charge is 2.46. The van der Waals surface area contributed by atoms with Crippen LogP contribution in [0.15, 0.2) is 30.3 Å². The van der Waals surface area contributed by atoms with Crippen molar-refractivity contribution in [2.45, 2.75) is 13.1 Å². The second-order valence-corrected chi connectivity index (χ2v) is 4.10. The minimum Gasteiger partial charge on any atom is -0.273 e. The first-order valence-electron chi connectivity index (χ1n) is 5.64. The molecular formula is C12H8F3N3O3. The van der Waals surface area contributed by atoms with Gasteiger partial charge in [-0.2, -0.15) is 23.0 Å². The molecule has 0 atom stereocenters. The lowest BCUT2D eigenvalue weighted by Crippen LogP contribution is -2.19. The molecule has 0 aliphatic carbocycles. The van der Waals surface area contributed by atoms with E-state index in [1.165, 1.54) is 24.3 Å². The van der Waals surface area contributed by atoms with E-state index in [0.717, 1.165) is 6.92 Å². The topological polar surface area (TPSA) is 78.0 Å². The Kier molecular flexibility index (Phi) is 3.50. The van der Waals surface area contributed by atoms with Crippen molar-refractivity contribution in [3.8, 4) is 11.3 Å². The zero-order chi connectivity index (χ0) is 15.8. The van der Waals surface area contributed by atoms with Crippen LogP contribution in [0.25, 0.3) is 11.3 Å². The third-order valence-corrected chi connectivity index (χ3v) is 2.66. The average Bonchev–Trinajstić information content (AvgIpc) is 2.80. The summed E-state index contributed by atoms with van der Waals surface area (Å²) in [5.41, 5.74) is -3.29. The van der Waals surface area contributed by atoms with E-state index in [9.17, 15) is 28.1 Å². The van der Waals surface area contributed by atoms with Crippen molar-refractivity contribution < 1.29 is 22.9 Å². The van der Waals surface area contributed by atoms with Gasteiger partial charge in [-0.25, -0.2) is 0 Å². The molecular weight excluding hydrogens is 291 g/mol. The number of carbonyl (C=O) groups is 1. The third kappa shape index (κ3) is 2.62. The van der Waals surface area contributed by atoms with Crippen LogP contribution < -0.4 is 0 Å². The number of benzene rings is 1. The maximum absolute atomic E-state index is 13.0. The minimum atomic E-state index is -5.08. The fourth-order valence-corrected chi connectivity index (χ4v) is 1.86. The van der Waals surface area contributed by atoms with Crippen LogP contribution in [-0.2, 0) is 6.18 Å². The summed E-state index contributed by atoms with van der Waals surface area (Å²) >= 11 is 0. The Balaban J connectivity index is 2.85. The quantitative estimate of drug-likeness (QED) is 0.630. The number of aromatic nitrogens is 2. The molecule has 2 aromatic rings. The van der Waals surface area contributed by atoms with Crippen molar-refractivity contribution in [1.29, 1.82) is 0 Å². The zero-order valence-electron chi connectivity index (χ0n) is 10.6. The first kappa shape index (κ1) is 14.7. The number of nitro groups is 1. The predicted molar refractivity (Wildman–Crippen MR) is 65.6 cm³/mol. The number of carbonyl (C=O) groups excluding carboxylic acids is 1. The Morgan fingerprint density at radius 1 is 1.29 bits per heavy atom. The molecule has 1 aromatic carbocycles. The third-order valence-electron chi connectivity index (χ3n) is 2.66. The second kappa shape index (κ2) is 5.00. The van der Waals surface area contributed by atoms with Crippen LogP contribution in [0, 0.1) is 10.1 Å². The molecule has 0 saturated heterocycles. The van der Waals surface area contributed by atoms with E-state index in [-0.39, 0.29) is 10.2 Å². The summed E-state index contributed by atoms with van der Waals surface area (Å²) in [6.07, 6.45) is -5.08. The molecule has 0 unspecified atom stereocenters. The Morgan fingerprint density at radius 3 is 2.29 bits per heavy atom. The van der Waals surface area contributed by atoms with Gasteiger partial charge in [0, 0.05) is 12.5 Å². The highest BCUT2D eigenvalue weighted by atomic mass is 19.4. The van der Waals surface area contributed by atoms with Crippen molar-refractivity contribution >= 4 is 11.6 Å².